The van der Waals surface area contributed by atoms with Crippen LogP contribution >= 0.6 is 0 Å². The molecule has 0 bridgehead atoms. The van der Waals surface area contributed by atoms with E-state index in [1.165, 1.54) is 4.68 Å². The molecule has 4 heterocycles. The molecule has 4 rings (SSSR count). The second-order valence-electron chi connectivity index (χ2n) is 15.5. The molecular formula is C35H53F3N6O5Si2. The number of fused-ring (bicyclic) bond motifs is 1. The highest BCUT2D eigenvalue weighted by molar-refractivity contribution is 6.90. The summed E-state index contributed by atoms with van der Waals surface area (Å²) < 4.78 is 58.3. The van der Waals surface area contributed by atoms with Gasteiger partial charge in [0, 0.05) is 59.7 Å². The molecule has 1 atom stereocenters. The number of hydrogen-bond acceptors (Lipinski definition) is 9. The predicted molar refractivity (Wildman–Crippen MR) is 195 cm³/mol. The summed E-state index contributed by atoms with van der Waals surface area (Å²) in [4.78, 5) is 38.3. The average Bonchev–Trinajstić information content (AvgIpc) is 3.05. The Hall–Kier alpha value is -3.27. The lowest BCUT2D eigenvalue weighted by Gasteiger charge is -2.38. The monoisotopic (exact) mass is 750 g/mol. The average molecular weight is 751 g/mol. The van der Waals surface area contributed by atoms with Crippen molar-refractivity contribution in [1.29, 1.82) is 0 Å². The Morgan fingerprint density at radius 3 is 2.18 bits per heavy atom. The van der Waals surface area contributed by atoms with Crippen molar-refractivity contribution in [2.24, 2.45) is 0 Å². The number of rotatable bonds is 12. The van der Waals surface area contributed by atoms with Crippen molar-refractivity contribution >= 4 is 28.0 Å². The fraction of sp³-hybridized carbons (Fsp3) is 0.686. The molecule has 2 aromatic heterocycles. The normalized spacial score (nSPS) is 17.0. The third-order valence-electron chi connectivity index (χ3n) is 9.84. The van der Waals surface area contributed by atoms with E-state index in [2.05, 4.69) is 87.7 Å². The van der Waals surface area contributed by atoms with Crippen molar-refractivity contribution in [3.63, 3.8) is 0 Å². The third-order valence-corrected chi connectivity index (χ3v) is 17.8. The van der Waals surface area contributed by atoms with Gasteiger partial charge in [-0.2, -0.15) is 18.3 Å². The first-order chi connectivity index (χ1) is 23.8. The number of aromatic nitrogens is 4. The molecule has 16 heteroatoms. The number of anilines is 1. The van der Waals surface area contributed by atoms with Gasteiger partial charge < -0.3 is 24.0 Å². The zero-order valence-corrected chi connectivity index (χ0v) is 33.4. The van der Waals surface area contributed by atoms with Gasteiger partial charge >= 0.3 is 6.18 Å². The maximum absolute atomic E-state index is 13.9. The first kappa shape index (κ1) is 40.5. The Bertz CT molecular complexity index is 1600. The lowest BCUT2D eigenvalue weighted by Crippen LogP contribution is -2.50. The molecule has 1 unspecified atom stereocenters. The Morgan fingerprint density at radius 1 is 1.02 bits per heavy atom. The molecule has 2 aliphatic heterocycles. The highest BCUT2D eigenvalue weighted by Gasteiger charge is 2.42. The molecule has 0 saturated carbocycles. The molecule has 2 aliphatic rings. The van der Waals surface area contributed by atoms with Gasteiger partial charge in [-0.05, 0) is 22.7 Å². The van der Waals surface area contributed by atoms with Crippen molar-refractivity contribution in [1.82, 2.24) is 24.6 Å². The van der Waals surface area contributed by atoms with E-state index in [9.17, 15) is 22.8 Å². The minimum atomic E-state index is -4.51. The first-order valence-corrected chi connectivity index (χ1v) is 23.7. The molecule has 1 fully saturated rings. The van der Waals surface area contributed by atoms with Crippen LogP contribution in [0.1, 0.15) is 70.9 Å². The molecule has 0 radical (unpaired) electrons. The summed E-state index contributed by atoms with van der Waals surface area (Å²) in [5.74, 6) is 3.56. The SMILES string of the molecule is CC(C)[Si](C#Cc1c2c(nn(COCC[Si](C)(C)C)c1=O)C(OCC(=O)N1CCN(c3ncc(C(F)(F)F)cn3)CC1)CCO2)(C(C)C)C(C)C. The number of alkyl halides is 3. The number of halogens is 3. The summed E-state index contributed by atoms with van der Waals surface area (Å²) in [6.45, 7) is 22.0. The molecule has 0 aromatic carbocycles. The number of piperazine rings is 1. The van der Waals surface area contributed by atoms with Crippen LogP contribution < -0.4 is 15.2 Å². The summed E-state index contributed by atoms with van der Waals surface area (Å²) in [6, 6.07) is 0.938. The molecule has 2 aromatic rings. The van der Waals surface area contributed by atoms with E-state index in [0.29, 0.717) is 67.3 Å². The smallest absolute Gasteiger partial charge is 0.419 e. The zero-order valence-electron chi connectivity index (χ0n) is 31.4. The lowest BCUT2D eigenvalue weighted by atomic mass is 10.1. The Balaban J connectivity index is 1.54. The fourth-order valence-corrected chi connectivity index (χ4v) is 12.8. The standard InChI is InChI=1S/C35H53F3N6O5Si2/c1-24(2)51(25(3)4,26(5)6)18-11-28-32-31(41-44(33(28)46)23-47-17-19-50(7,8)9)29(10-16-48-32)49-22-30(45)42-12-14-43(15-13-42)34-39-20-27(21-40-34)35(36,37)38/h20-21,24-26,29H,10,12-17,19,22-23H2,1-9H3. The van der Waals surface area contributed by atoms with E-state index in [1.54, 1.807) is 9.80 Å². The maximum atomic E-state index is 13.9. The van der Waals surface area contributed by atoms with Crippen LogP contribution in [-0.2, 0) is 27.2 Å². The summed E-state index contributed by atoms with van der Waals surface area (Å²) in [5.41, 5.74) is 4.12. The predicted octanol–water partition coefficient (Wildman–Crippen LogP) is 6.12. The van der Waals surface area contributed by atoms with Crippen molar-refractivity contribution in [2.75, 3.05) is 50.9 Å². The van der Waals surface area contributed by atoms with E-state index < -0.39 is 34.0 Å². The summed E-state index contributed by atoms with van der Waals surface area (Å²) >= 11 is 0. The van der Waals surface area contributed by atoms with Crippen LogP contribution in [0.4, 0.5) is 19.1 Å². The lowest BCUT2D eigenvalue weighted by molar-refractivity contribution is -0.139. The van der Waals surface area contributed by atoms with Gasteiger partial charge in [-0.15, -0.1) is 5.54 Å². The van der Waals surface area contributed by atoms with Crippen LogP contribution in [0.15, 0.2) is 17.2 Å². The summed E-state index contributed by atoms with van der Waals surface area (Å²) in [7, 11) is -3.56. The van der Waals surface area contributed by atoms with E-state index in [4.69, 9.17) is 14.2 Å². The molecular weight excluding hydrogens is 698 g/mol. The van der Waals surface area contributed by atoms with Gasteiger partial charge in [-0.3, -0.25) is 9.59 Å². The van der Waals surface area contributed by atoms with Crippen LogP contribution in [0.5, 0.6) is 5.75 Å². The maximum Gasteiger partial charge on any atom is 0.419 e. The van der Waals surface area contributed by atoms with E-state index in [0.717, 1.165) is 18.4 Å². The molecule has 51 heavy (non-hydrogen) atoms. The van der Waals surface area contributed by atoms with Crippen LogP contribution in [0.25, 0.3) is 0 Å². The Morgan fingerprint density at radius 2 is 1.63 bits per heavy atom. The topological polar surface area (TPSA) is 112 Å². The fourth-order valence-electron chi connectivity index (χ4n) is 6.88. The Labute approximate surface area is 301 Å². The van der Waals surface area contributed by atoms with Crippen LogP contribution in [0, 0.1) is 11.5 Å². The van der Waals surface area contributed by atoms with Gasteiger partial charge in [0.05, 0.1) is 12.2 Å². The first-order valence-electron chi connectivity index (χ1n) is 17.8. The van der Waals surface area contributed by atoms with E-state index >= 15 is 0 Å². The number of nitrogens with zero attached hydrogens (tertiary/aromatic N) is 6. The minimum absolute atomic E-state index is 0.0367. The van der Waals surface area contributed by atoms with Crippen LogP contribution in [-0.4, -0.2) is 92.7 Å². The number of carbonyl (C=O) groups excluding carboxylic acids is 1. The van der Waals surface area contributed by atoms with E-state index in [-0.39, 0.29) is 42.9 Å². The van der Waals surface area contributed by atoms with Gasteiger partial charge in [0.1, 0.15) is 38.8 Å². The minimum Gasteiger partial charge on any atom is -0.490 e. The molecule has 1 saturated heterocycles. The highest BCUT2D eigenvalue weighted by Crippen LogP contribution is 2.41. The van der Waals surface area contributed by atoms with Gasteiger partial charge in [0.25, 0.3) is 5.56 Å². The Kier molecular flexibility index (Phi) is 13.2. The third kappa shape index (κ3) is 9.79. The largest absolute Gasteiger partial charge is 0.490 e. The summed E-state index contributed by atoms with van der Waals surface area (Å²) in [6.07, 6.45) is -3.17. The second kappa shape index (κ2) is 16.6. The number of hydrogen-bond donors (Lipinski definition) is 0. The number of amides is 1. The van der Waals surface area contributed by atoms with Crippen molar-refractivity contribution in [2.45, 2.75) is 109 Å². The van der Waals surface area contributed by atoms with Crippen molar-refractivity contribution in [3.8, 4) is 17.2 Å². The molecule has 282 valence electrons. The second-order valence-corrected chi connectivity index (χ2v) is 26.7. The van der Waals surface area contributed by atoms with Gasteiger partial charge in [0.2, 0.25) is 11.9 Å². The molecule has 1 amide bonds. The summed E-state index contributed by atoms with van der Waals surface area (Å²) in [5, 5.41) is 4.66. The highest BCUT2D eigenvalue weighted by atomic mass is 28.3. The quantitative estimate of drug-likeness (QED) is 0.144. The van der Waals surface area contributed by atoms with Crippen LogP contribution in [0.3, 0.4) is 0 Å². The van der Waals surface area contributed by atoms with E-state index in [1.807, 2.05) is 0 Å². The molecule has 0 spiro atoms. The zero-order chi connectivity index (χ0) is 37.7. The van der Waals surface area contributed by atoms with Crippen molar-refractivity contribution < 1.29 is 32.2 Å². The molecule has 0 aliphatic carbocycles. The number of carbonyl (C=O) groups is 1. The van der Waals surface area contributed by atoms with Gasteiger partial charge in [-0.1, -0.05) is 67.1 Å². The molecule has 11 nitrogen and oxygen atoms in total. The van der Waals surface area contributed by atoms with Crippen LogP contribution in [0.2, 0.25) is 42.3 Å². The van der Waals surface area contributed by atoms with Crippen molar-refractivity contribution in [3.05, 3.63) is 39.6 Å². The molecule has 0 N–H and O–H groups in total. The number of ether oxygens (including phenoxy) is 3. The van der Waals surface area contributed by atoms with Gasteiger partial charge in [-0.25, -0.2) is 14.6 Å². The van der Waals surface area contributed by atoms with Gasteiger partial charge in [0.15, 0.2) is 5.75 Å².